The van der Waals surface area contributed by atoms with E-state index in [9.17, 15) is 22.8 Å². The highest BCUT2D eigenvalue weighted by molar-refractivity contribution is 6.12. The molecule has 9 nitrogen and oxygen atoms in total. The first kappa shape index (κ1) is 25.9. The lowest BCUT2D eigenvalue weighted by molar-refractivity contribution is -0.169. The largest absolute Gasteiger partial charge is 0.469 e. The number of hydrogen-bond acceptors (Lipinski definition) is 7. The van der Waals surface area contributed by atoms with Crippen molar-refractivity contribution in [2.75, 3.05) is 33.8 Å². The molecule has 35 heavy (non-hydrogen) atoms. The second-order valence-corrected chi connectivity index (χ2v) is 8.39. The number of ether oxygens (including phenoxy) is 2. The summed E-state index contributed by atoms with van der Waals surface area (Å²) >= 11 is 0. The standard InChI is InChI=1S/C23H28F3N5O4/c1-14-9-16(10-30(4)21(14)35-12-23(24,25)26)15(2)31-11-18(17(20(31)33)5-6-28-13-27)19(32)22-29(3)7-8-34-22/h5-9,13,15,22H,10-12H2,1-4H3,(H2,27,28)/b6-5-. The third-order valence-electron chi connectivity index (χ3n) is 5.84. The van der Waals surface area contributed by atoms with Gasteiger partial charge in [-0.25, -0.2) is 4.99 Å². The minimum atomic E-state index is -4.45. The number of ketones is 1. The van der Waals surface area contributed by atoms with Crippen LogP contribution in [0.4, 0.5) is 13.2 Å². The maximum Gasteiger partial charge on any atom is 0.422 e. The zero-order valence-corrected chi connectivity index (χ0v) is 19.9. The SMILES string of the molecule is CC1=C(OCC(F)(F)F)N(C)CC(C(C)N2CC(C(=O)C3OC=CN3C)=C(/C=C\N=CN)C2=O)=C1. The Morgan fingerprint density at radius 3 is 2.66 bits per heavy atom. The Hall–Kier alpha value is -3.70. The number of allylic oxidation sites excluding steroid dienone is 2. The van der Waals surface area contributed by atoms with E-state index in [1.54, 1.807) is 50.0 Å². The average molecular weight is 496 g/mol. The van der Waals surface area contributed by atoms with Crippen LogP contribution in [0.3, 0.4) is 0 Å². The number of halogens is 3. The van der Waals surface area contributed by atoms with Gasteiger partial charge in [-0.2, -0.15) is 13.2 Å². The third-order valence-corrected chi connectivity index (χ3v) is 5.84. The number of alkyl halides is 3. The predicted octanol–water partition coefficient (Wildman–Crippen LogP) is 2.03. The minimum Gasteiger partial charge on any atom is -0.469 e. The van der Waals surface area contributed by atoms with E-state index in [2.05, 4.69) is 4.99 Å². The monoisotopic (exact) mass is 495 g/mol. The highest BCUT2D eigenvalue weighted by Gasteiger charge is 2.40. The first-order valence-electron chi connectivity index (χ1n) is 10.8. The molecule has 3 aliphatic rings. The van der Waals surface area contributed by atoms with Crippen molar-refractivity contribution in [1.29, 1.82) is 0 Å². The molecule has 0 fully saturated rings. The highest BCUT2D eigenvalue weighted by atomic mass is 19.4. The van der Waals surface area contributed by atoms with Crippen molar-refractivity contribution in [3.63, 3.8) is 0 Å². The van der Waals surface area contributed by atoms with Crippen LogP contribution in [-0.4, -0.2) is 85.0 Å². The average Bonchev–Trinajstić information content (AvgIpc) is 3.35. The van der Waals surface area contributed by atoms with Gasteiger partial charge in [-0.05, 0) is 25.5 Å². The summed E-state index contributed by atoms with van der Waals surface area (Å²) in [5, 5.41) is 0. The molecular weight excluding hydrogens is 467 g/mol. The quantitative estimate of drug-likeness (QED) is 0.406. The number of likely N-dealkylation sites (N-methyl/N-ethyl adjacent to an activating group) is 2. The van der Waals surface area contributed by atoms with Gasteiger partial charge in [0.15, 0.2) is 12.5 Å². The number of nitrogens with zero attached hydrogens (tertiary/aromatic N) is 4. The lowest BCUT2D eigenvalue weighted by atomic mass is 10.0. The number of nitrogens with two attached hydrogens (primary N) is 1. The first-order valence-corrected chi connectivity index (χ1v) is 10.8. The molecule has 190 valence electrons. The van der Waals surface area contributed by atoms with Crippen LogP contribution >= 0.6 is 0 Å². The molecule has 0 aliphatic carbocycles. The number of amides is 1. The van der Waals surface area contributed by atoms with Crippen LogP contribution in [0, 0.1) is 0 Å². The van der Waals surface area contributed by atoms with E-state index in [0.717, 1.165) is 11.9 Å². The zero-order chi connectivity index (χ0) is 25.9. The van der Waals surface area contributed by atoms with Crippen molar-refractivity contribution in [2.24, 2.45) is 10.7 Å². The van der Waals surface area contributed by atoms with Gasteiger partial charge in [0.05, 0.1) is 18.9 Å². The maximum absolute atomic E-state index is 13.3. The molecule has 3 rings (SSSR count). The Balaban J connectivity index is 1.85. The molecule has 0 bridgehead atoms. The topological polar surface area (TPSA) is 101 Å². The van der Waals surface area contributed by atoms with Gasteiger partial charge in [0.2, 0.25) is 12.0 Å². The summed E-state index contributed by atoms with van der Waals surface area (Å²) in [6.45, 7) is 2.35. The van der Waals surface area contributed by atoms with Crippen LogP contribution < -0.4 is 5.73 Å². The molecule has 0 aromatic carbocycles. The molecule has 0 spiro atoms. The molecule has 3 heterocycles. The van der Waals surface area contributed by atoms with Gasteiger partial charge >= 0.3 is 6.18 Å². The Bertz CT molecular complexity index is 1060. The van der Waals surface area contributed by atoms with Crippen LogP contribution in [0.2, 0.25) is 0 Å². The smallest absolute Gasteiger partial charge is 0.422 e. The van der Waals surface area contributed by atoms with Crippen LogP contribution in [0.5, 0.6) is 0 Å². The van der Waals surface area contributed by atoms with Gasteiger partial charge in [-0.15, -0.1) is 0 Å². The summed E-state index contributed by atoms with van der Waals surface area (Å²) in [7, 11) is 3.31. The molecular formula is C23H28F3N5O4. The maximum atomic E-state index is 13.3. The Morgan fingerprint density at radius 1 is 1.37 bits per heavy atom. The Morgan fingerprint density at radius 2 is 2.09 bits per heavy atom. The summed E-state index contributed by atoms with van der Waals surface area (Å²) < 4.78 is 48.2. The van der Waals surface area contributed by atoms with Gasteiger partial charge < -0.3 is 29.9 Å². The van der Waals surface area contributed by atoms with Gasteiger partial charge in [0.1, 0.15) is 6.26 Å². The third kappa shape index (κ3) is 5.69. The van der Waals surface area contributed by atoms with Crippen molar-refractivity contribution in [1.82, 2.24) is 14.7 Å². The molecule has 0 aromatic heterocycles. The van der Waals surface area contributed by atoms with Gasteiger partial charge in [0.25, 0.3) is 5.91 Å². The van der Waals surface area contributed by atoms with Gasteiger partial charge in [0, 0.05) is 49.8 Å². The van der Waals surface area contributed by atoms with E-state index in [4.69, 9.17) is 15.2 Å². The molecule has 0 aromatic rings. The van der Waals surface area contributed by atoms with E-state index < -0.39 is 25.1 Å². The molecule has 0 radical (unpaired) electrons. The lowest BCUT2D eigenvalue weighted by Gasteiger charge is -2.34. The molecule has 0 saturated heterocycles. The van der Waals surface area contributed by atoms with Crippen LogP contribution in [-0.2, 0) is 19.1 Å². The van der Waals surface area contributed by atoms with Crippen LogP contribution in [0.25, 0.3) is 0 Å². The normalized spacial score (nSPS) is 22.1. The molecule has 3 aliphatic heterocycles. The van der Waals surface area contributed by atoms with E-state index in [-0.39, 0.29) is 41.8 Å². The summed E-state index contributed by atoms with van der Waals surface area (Å²) in [6.07, 6.45) is 3.23. The number of carbonyl (C=O) groups is 2. The molecule has 0 saturated carbocycles. The Kier molecular flexibility index (Phi) is 7.61. The summed E-state index contributed by atoms with van der Waals surface area (Å²) in [5.41, 5.74) is 7.02. The van der Waals surface area contributed by atoms with Crippen molar-refractivity contribution in [2.45, 2.75) is 32.3 Å². The molecule has 12 heteroatoms. The summed E-state index contributed by atoms with van der Waals surface area (Å²) in [4.78, 5) is 35.0. The van der Waals surface area contributed by atoms with Crippen molar-refractivity contribution in [3.05, 3.63) is 59.0 Å². The van der Waals surface area contributed by atoms with Crippen LogP contribution in [0.15, 0.2) is 64.0 Å². The van der Waals surface area contributed by atoms with E-state index in [0.29, 0.717) is 5.57 Å². The van der Waals surface area contributed by atoms with Crippen molar-refractivity contribution >= 4 is 18.0 Å². The minimum absolute atomic E-state index is 0.0415. The molecule has 1 amide bonds. The second kappa shape index (κ2) is 10.3. The Labute approximate surface area is 201 Å². The fourth-order valence-corrected chi connectivity index (χ4v) is 4.11. The van der Waals surface area contributed by atoms with Crippen LogP contribution in [0.1, 0.15) is 13.8 Å². The number of Topliss-reactive ketones (excluding diaryl/α,β-unsaturated/α-hetero) is 1. The highest BCUT2D eigenvalue weighted by Crippen LogP contribution is 2.31. The molecule has 2 unspecified atom stereocenters. The number of rotatable bonds is 8. The second-order valence-electron chi connectivity index (χ2n) is 8.39. The lowest BCUT2D eigenvalue weighted by Crippen LogP contribution is -2.42. The van der Waals surface area contributed by atoms with Crippen molar-refractivity contribution < 1.29 is 32.2 Å². The fourth-order valence-electron chi connectivity index (χ4n) is 4.11. The fraction of sp³-hybridized carbons (Fsp3) is 0.435. The zero-order valence-electron chi connectivity index (χ0n) is 19.9. The van der Waals surface area contributed by atoms with E-state index in [1.807, 2.05) is 0 Å². The van der Waals surface area contributed by atoms with E-state index >= 15 is 0 Å². The number of hydrogen-bond donors (Lipinski definition) is 1. The number of carbonyl (C=O) groups excluding carboxylic acids is 2. The van der Waals surface area contributed by atoms with Crippen molar-refractivity contribution in [3.8, 4) is 0 Å². The number of aliphatic imine (C=N–C) groups is 1. The molecule has 2 N–H and O–H groups in total. The van der Waals surface area contributed by atoms with E-state index in [1.165, 1.54) is 23.4 Å². The first-order chi connectivity index (χ1) is 16.4. The predicted molar refractivity (Wildman–Crippen MR) is 122 cm³/mol. The molecule has 2 atom stereocenters. The summed E-state index contributed by atoms with van der Waals surface area (Å²) in [6, 6.07) is -0.448. The summed E-state index contributed by atoms with van der Waals surface area (Å²) in [5.74, 6) is -0.606. The van der Waals surface area contributed by atoms with Gasteiger partial charge in [-0.3, -0.25) is 9.59 Å². The van der Waals surface area contributed by atoms with Gasteiger partial charge in [-0.1, -0.05) is 6.08 Å².